The third kappa shape index (κ3) is 5.58. The molecule has 0 atom stereocenters. The van der Waals surface area contributed by atoms with Crippen LogP contribution in [0.4, 0.5) is 0 Å². The molecule has 0 bridgehead atoms. The molecule has 0 radical (unpaired) electrons. The molecule has 0 unspecified atom stereocenters. The van der Waals surface area contributed by atoms with Crippen LogP contribution in [0.1, 0.15) is 47.7 Å². The van der Waals surface area contributed by atoms with E-state index < -0.39 is 0 Å². The third-order valence-electron chi connectivity index (χ3n) is 2.62. The lowest BCUT2D eigenvalue weighted by molar-refractivity contribution is 0.0953. The number of rotatable bonds is 5. The maximum absolute atomic E-state index is 12.0. The number of amides is 1. The van der Waals surface area contributed by atoms with E-state index in [0.717, 1.165) is 24.0 Å². The Morgan fingerprint density at radius 1 is 1.37 bits per heavy atom. The van der Waals surface area contributed by atoms with Gasteiger partial charge in [0.2, 0.25) is 0 Å². The van der Waals surface area contributed by atoms with E-state index >= 15 is 0 Å². The Kier molecular flexibility index (Phi) is 6.70. The summed E-state index contributed by atoms with van der Waals surface area (Å²) < 4.78 is 0. The number of carbonyl (C=O) groups is 1. The molecule has 0 fully saturated rings. The maximum Gasteiger partial charge on any atom is 0.251 e. The number of hydrogen-bond donors (Lipinski definition) is 2. The fourth-order valence-corrected chi connectivity index (χ4v) is 1.69. The van der Waals surface area contributed by atoms with Crippen LogP contribution < -0.4 is 5.32 Å². The van der Waals surface area contributed by atoms with Gasteiger partial charge in [0, 0.05) is 24.1 Å². The van der Waals surface area contributed by atoms with Gasteiger partial charge in [0.15, 0.2) is 0 Å². The first-order valence-electron chi connectivity index (χ1n) is 6.67. The highest BCUT2D eigenvalue weighted by Gasteiger charge is 2.06. The number of carbonyl (C=O) groups excluding carboxylic acids is 1. The summed E-state index contributed by atoms with van der Waals surface area (Å²) in [7, 11) is 0. The minimum Gasteiger partial charge on any atom is -0.395 e. The van der Waals surface area contributed by atoms with Crippen LogP contribution >= 0.6 is 0 Å². The number of aliphatic hydroxyl groups excluding tert-OH is 1. The fourth-order valence-electron chi connectivity index (χ4n) is 1.69. The minimum absolute atomic E-state index is 0.0534. The van der Waals surface area contributed by atoms with Crippen molar-refractivity contribution in [3.05, 3.63) is 34.9 Å². The predicted molar refractivity (Wildman–Crippen MR) is 77.0 cm³/mol. The molecule has 0 spiro atoms. The molecule has 0 aliphatic heterocycles. The quantitative estimate of drug-likeness (QED) is 0.629. The monoisotopic (exact) mass is 259 g/mol. The second kappa shape index (κ2) is 8.34. The van der Waals surface area contributed by atoms with Crippen LogP contribution in [0.2, 0.25) is 0 Å². The van der Waals surface area contributed by atoms with Crippen molar-refractivity contribution in [1.29, 1.82) is 0 Å². The van der Waals surface area contributed by atoms with E-state index in [9.17, 15) is 4.79 Å². The molecule has 3 nitrogen and oxygen atoms in total. The normalized spacial score (nSPS) is 9.63. The summed E-state index contributed by atoms with van der Waals surface area (Å²) >= 11 is 0. The Morgan fingerprint density at radius 2 is 2.16 bits per heavy atom. The largest absolute Gasteiger partial charge is 0.395 e. The van der Waals surface area contributed by atoms with Crippen LogP contribution in [0.15, 0.2) is 18.2 Å². The van der Waals surface area contributed by atoms with Gasteiger partial charge < -0.3 is 10.4 Å². The van der Waals surface area contributed by atoms with Crippen LogP contribution in [-0.2, 0) is 0 Å². The molecule has 0 aliphatic carbocycles. The second-order valence-electron chi connectivity index (χ2n) is 4.47. The molecular weight excluding hydrogens is 238 g/mol. The molecule has 3 heteroatoms. The average Bonchev–Trinajstić information content (AvgIpc) is 2.38. The Morgan fingerprint density at radius 3 is 2.84 bits per heavy atom. The molecule has 0 aliphatic rings. The smallest absolute Gasteiger partial charge is 0.251 e. The third-order valence-corrected chi connectivity index (χ3v) is 2.62. The lowest BCUT2D eigenvalue weighted by Gasteiger charge is -2.06. The van der Waals surface area contributed by atoms with Crippen LogP contribution in [0.5, 0.6) is 0 Å². The summed E-state index contributed by atoms with van der Waals surface area (Å²) in [6.45, 7) is 4.80. The number of nitrogens with one attached hydrogen (secondary N) is 1. The van der Waals surface area contributed by atoms with Gasteiger partial charge in [0.05, 0.1) is 6.61 Å². The molecule has 2 N–H and O–H groups in total. The van der Waals surface area contributed by atoms with Gasteiger partial charge in [-0.25, -0.2) is 0 Å². The van der Waals surface area contributed by atoms with Crippen molar-refractivity contribution in [1.82, 2.24) is 5.32 Å². The first-order chi connectivity index (χ1) is 9.17. The van der Waals surface area contributed by atoms with Gasteiger partial charge in [-0.1, -0.05) is 25.2 Å². The first-order valence-corrected chi connectivity index (χ1v) is 6.67. The Bertz CT molecular complexity index is 483. The Hall–Kier alpha value is -1.79. The Labute approximate surface area is 115 Å². The van der Waals surface area contributed by atoms with Crippen molar-refractivity contribution < 1.29 is 9.90 Å². The van der Waals surface area contributed by atoms with E-state index in [1.807, 2.05) is 19.1 Å². The number of aryl methyl sites for hydroxylation is 1. The van der Waals surface area contributed by atoms with Crippen molar-refractivity contribution in [3.8, 4) is 11.8 Å². The summed E-state index contributed by atoms with van der Waals surface area (Å²) in [6.07, 6.45) is 2.50. The van der Waals surface area contributed by atoms with Crippen molar-refractivity contribution in [2.75, 3.05) is 13.2 Å². The molecule has 0 heterocycles. The lowest BCUT2D eigenvalue weighted by Crippen LogP contribution is -2.24. The van der Waals surface area contributed by atoms with Gasteiger partial charge in [-0.3, -0.25) is 4.79 Å². The van der Waals surface area contributed by atoms with Crippen molar-refractivity contribution in [3.63, 3.8) is 0 Å². The molecule has 0 saturated heterocycles. The number of aliphatic hydroxyl groups is 1. The highest BCUT2D eigenvalue weighted by Crippen LogP contribution is 2.09. The molecule has 102 valence electrons. The van der Waals surface area contributed by atoms with E-state index in [1.54, 1.807) is 6.07 Å². The van der Waals surface area contributed by atoms with E-state index in [0.29, 0.717) is 18.5 Å². The van der Waals surface area contributed by atoms with Gasteiger partial charge >= 0.3 is 0 Å². The zero-order chi connectivity index (χ0) is 14.1. The average molecular weight is 259 g/mol. The maximum atomic E-state index is 12.0. The number of unbranched alkanes of at least 4 members (excludes halogenated alkanes) is 1. The first kappa shape index (κ1) is 15.3. The molecule has 1 rings (SSSR count). The minimum atomic E-state index is -0.0534. The summed E-state index contributed by atoms with van der Waals surface area (Å²) in [6, 6.07) is 5.59. The summed E-state index contributed by atoms with van der Waals surface area (Å²) in [5.41, 5.74) is 2.47. The van der Waals surface area contributed by atoms with Gasteiger partial charge in [-0.15, -0.1) is 0 Å². The van der Waals surface area contributed by atoms with Crippen LogP contribution in [-0.4, -0.2) is 24.2 Å². The van der Waals surface area contributed by atoms with Gasteiger partial charge in [0.25, 0.3) is 5.91 Å². The summed E-state index contributed by atoms with van der Waals surface area (Å²) in [4.78, 5) is 12.0. The van der Waals surface area contributed by atoms with Crippen LogP contribution in [0.3, 0.4) is 0 Å². The molecular formula is C16H21NO2. The van der Waals surface area contributed by atoms with Gasteiger partial charge in [-0.05, 0) is 37.1 Å². The molecule has 1 aromatic carbocycles. The van der Waals surface area contributed by atoms with Crippen LogP contribution in [0.25, 0.3) is 0 Å². The summed E-state index contributed by atoms with van der Waals surface area (Å²) in [5.74, 6) is 5.77. The number of benzene rings is 1. The van der Waals surface area contributed by atoms with E-state index in [4.69, 9.17) is 5.11 Å². The van der Waals surface area contributed by atoms with Gasteiger partial charge in [0.1, 0.15) is 0 Å². The predicted octanol–water partition coefficient (Wildman–Crippen LogP) is 2.26. The SMILES string of the molecule is CCCCNC(=O)c1cc(C)cc(C#CCCO)c1. The molecule has 0 aromatic heterocycles. The Balaban J connectivity index is 2.79. The zero-order valence-electron chi connectivity index (χ0n) is 11.6. The van der Waals surface area contributed by atoms with E-state index in [1.165, 1.54) is 0 Å². The van der Waals surface area contributed by atoms with Crippen molar-refractivity contribution in [2.45, 2.75) is 33.1 Å². The topological polar surface area (TPSA) is 49.3 Å². The zero-order valence-corrected chi connectivity index (χ0v) is 11.6. The number of hydrogen-bond acceptors (Lipinski definition) is 2. The van der Waals surface area contributed by atoms with Crippen LogP contribution in [0, 0.1) is 18.8 Å². The molecule has 0 saturated carbocycles. The molecule has 1 amide bonds. The molecule has 19 heavy (non-hydrogen) atoms. The second-order valence-corrected chi connectivity index (χ2v) is 4.47. The molecule has 1 aromatic rings. The fraction of sp³-hybridized carbons (Fsp3) is 0.438. The lowest BCUT2D eigenvalue weighted by atomic mass is 10.1. The van der Waals surface area contributed by atoms with E-state index in [2.05, 4.69) is 24.1 Å². The highest BCUT2D eigenvalue weighted by molar-refractivity contribution is 5.94. The standard InChI is InChI=1S/C16H21NO2/c1-3-4-8-17-16(19)15-11-13(2)10-14(12-15)7-5-6-9-18/h10-12,18H,3-4,6,8-9H2,1-2H3,(H,17,19). The van der Waals surface area contributed by atoms with E-state index in [-0.39, 0.29) is 12.5 Å². The highest BCUT2D eigenvalue weighted by atomic mass is 16.2. The summed E-state index contributed by atoms with van der Waals surface area (Å²) in [5, 5.41) is 11.6. The van der Waals surface area contributed by atoms with Crippen molar-refractivity contribution >= 4 is 5.91 Å². The van der Waals surface area contributed by atoms with Gasteiger partial charge in [-0.2, -0.15) is 0 Å². The van der Waals surface area contributed by atoms with Crippen molar-refractivity contribution in [2.24, 2.45) is 0 Å².